The van der Waals surface area contributed by atoms with Crippen LogP contribution in [0.25, 0.3) is 10.4 Å². The summed E-state index contributed by atoms with van der Waals surface area (Å²) in [6, 6.07) is 7.17. The Morgan fingerprint density at radius 2 is 2.05 bits per heavy atom. The minimum Gasteiger partial charge on any atom is -0.444 e. The Morgan fingerprint density at radius 1 is 1.41 bits per heavy atom. The van der Waals surface area contributed by atoms with Crippen LogP contribution in [0.3, 0.4) is 0 Å². The Bertz CT molecular complexity index is 590. The second-order valence-electron chi connectivity index (χ2n) is 5.71. The lowest BCUT2D eigenvalue weighted by atomic mass is 10.1. The zero-order valence-corrected chi connectivity index (χ0v) is 13.1. The van der Waals surface area contributed by atoms with Crippen molar-refractivity contribution in [3.8, 4) is 12.3 Å². The van der Waals surface area contributed by atoms with Gasteiger partial charge in [0.05, 0.1) is 6.54 Å². The fourth-order valence-corrected chi connectivity index (χ4v) is 1.72. The quantitative estimate of drug-likeness (QED) is 0.356. The van der Waals surface area contributed by atoms with Crippen molar-refractivity contribution in [3.63, 3.8) is 0 Å². The van der Waals surface area contributed by atoms with Crippen LogP contribution in [-0.2, 0) is 11.2 Å². The summed E-state index contributed by atoms with van der Waals surface area (Å²) < 4.78 is 5.33. The Balaban J connectivity index is 2.66. The molecule has 0 atom stereocenters. The van der Waals surface area contributed by atoms with Crippen LogP contribution in [0.4, 0.5) is 10.5 Å². The van der Waals surface area contributed by atoms with Gasteiger partial charge in [0.1, 0.15) is 5.60 Å². The van der Waals surface area contributed by atoms with E-state index >= 15 is 0 Å². The molecule has 0 aliphatic heterocycles. The molecule has 0 bridgehead atoms. The van der Waals surface area contributed by atoms with Gasteiger partial charge in [0.15, 0.2) is 0 Å². The third-order valence-corrected chi connectivity index (χ3v) is 2.70. The summed E-state index contributed by atoms with van der Waals surface area (Å²) in [6.45, 7) is 6.10. The van der Waals surface area contributed by atoms with Crippen LogP contribution in [0.15, 0.2) is 29.4 Å². The van der Waals surface area contributed by atoms with E-state index in [9.17, 15) is 4.79 Å². The maximum Gasteiger partial charge on any atom is 0.411 e. The monoisotopic (exact) mass is 300 g/mol. The summed E-state index contributed by atoms with van der Waals surface area (Å²) in [4.78, 5) is 16.3. The van der Waals surface area contributed by atoms with Gasteiger partial charge < -0.3 is 4.74 Å². The van der Waals surface area contributed by atoms with E-state index < -0.39 is 11.7 Å². The molecular formula is C16H20N4O2. The van der Waals surface area contributed by atoms with Crippen LogP contribution >= 0.6 is 0 Å². The van der Waals surface area contributed by atoms with Gasteiger partial charge in [-0.2, -0.15) is 0 Å². The molecule has 0 radical (unpaired) electrons. The van der Waals surface area contributed by atoms with Gasteiger partial charge in [0, 0.05) is 17.1 Å². The number of carbonyl (C=O) groups is 1. The van der Waals surface area contributed by atoms with Gasteiger partial charge in [0.2, 0.25) is 0 Å². The number of carbonyl (C=O) groups excluding carboxylic acids is 1. The number of azide groups is 1. The van der Waals surface area contributed by atoms with Crippen molar-refractivity contribution in [3.05, 3.63) is 40.3 Å². The molecular weight excluding hydrogens is 280 g/mol. The van der Waals surface area contributed by atoms with E-state index in [4.69, 9.17) is 16.7 Å². The molecule has 0 aromatic heterocycles. The summed E-state index contributed by atoms with van der Waals surface area (Å²) in [5, 5.41) is 3.51. The first-order chi connectivity index (χ1) is 10.4. The van der Waals surface area contributed by atoms with Gasteiger partial charge in [0.25, 0.3) is 0 Å². The van der Waals surface area contributed by atoms with Crippen molar-refractivity contribution < 1.29 is 9.53 Å². The summed E-state index contributed by atoms with van der Waals surface area (Å²) in [6.07, 6.45) is 5.52. The summed E-state index contributed by atoms with van der Waals surface area (Å²) in [5.74, 6) is 2.47. The lowest BCUT2D eigenvalue weighted by Crippen LogP contribution is -2.38. The van der Waals surface area contributed by atoms with Crippen LogP contribution in [0.1, 0.15) is 26.3 Å². The SMILES string of the molecule is C#CCN(CCc1ccc(N=[N+]=[N-])cc1)C(=O)OC(C)(C)C. The third-order valence-electron chi connectivity index (χ3n) is 2.70. The van der Waals surface area contributed by atoms with Crippen molar-refractivity contribution in [2.75, 3.05) is 13.1 Å². The topological polar surface area (TPSA) is 78.3 Å². The van der Waals surface area contributed by atoms with Crippen LogP contribution in [-0.4, -0.2) is 29.7 Å². The van der Waals surface area contributed by atoms with Crippen molar-refractivity contribution in [1.82, 2.24) is 4.90 Å². The maximum atomic E-state index is 12.1. The fraction of sp³-hybridized carbons (Fsp3) is 0.438. The molecule has 0 aliphatic carbocycles. The van der Waals surface area contributed by atoms with Crippen LogP contribution < -0.4 is 0 Å². The molecule has 22 heavy (non-hydrogen) atoms. The summed E-state index contributed by atoms with van der Waals surface area (Å²) in [7, 11) is 0. The van der Waals surface area contributed by atoms with E-state index in [2.05, 4.69) is 15.9 Å². The van der Waals surface area contributed by atoms with Gasteiger partial charge in [-0.1, -0.05) is 35.3 Å². The lowest BCUT2D eigenvalue weighted by molar-refractivity contribution is 0.0277. The first kappa shape index (κ1) is 17.4. The number of nitrogens with zero attached hydrogens (tertiary/aromatic N) is 4. The van der Waals surface area contributed by atoms with Crippen molar-refractivity contribution in [2.45, 2.75) is 32.8 Å². The second kappa shape index (κ2) is 7.96. The smallest absolute Gasteiger partial charge is 0.411 e. The van der Waals surface area contributed by atoms with Crippen molar-refractivity contribution in [1.29, 1.82) is 0 Å². The molecule has 0 aliphatic rings. The van der Waals surface area contributed by atoms with Gasteiger partial charge in [-0.3, -0.25) is 4.90 Å². The zero-order valence-electron chi connectivity index (χ0n) is 13.1. The minimum absolute atomic E-state index is 0.200. The normalized spacial score (nSPS) is 10.3. The molecule has 0 heterocycles. The summed E-state index contributed by atoms with van der Waals surface area (Å²) in [5.41, 5.74) is 9.38. The molecule has 0 saturated heterocycles. The van der Waals surface area contributed by atoms with E-state index in [1.165, 1.54) is 4.90 Å². The van der Waals surface area contributed by atoms with Crippen LogP contribution in [0, 0.1) is 12.3 Å². The van der Waals surface area contributed by atoms with E-state index in [0.29, 0.717) is 18.7 Å². The molecule has 6 nitrogen and oxygen atoms in total. The van der Waals surface area contributed by atoms with Gasteiger partial charge in [-0.05, 0) is 38.3 Å². The van der Waals surface area contributed by atoms with Gasteiger partial charge >= 0.3 is 6.09 Å². The molecule has 0 fully saturated rings. The predicted octanol–water partition coefficient (Wildman–Crippen LogP) is 4.04. The third kappa shape index (κ3) is 6.21. The standard InChI is InChI=1S/C16H20N4O2/c1-5-11-20(15(21)22-16(2,3)4)12-10-13-6-8-14(9-7-13)18-19-17/h1,6-9H,10-12H2,2-4H3. The molecule has 0 spiro atoms. The number of benzene rings is 1. The van der Waals surface area contributed by atoms with E-state index in [1.54, 1.807) is 12.1 Å². The average molecular weight is 300 g/mol. The predicted molar refractivity (Wildman–Crippen MR) is 85.6 cm³/mol. The molecule has 0 unspecified atom stereocenters. The Morgan fingerprint density at radius 3 is 2.55 bits per heavy atom. The van der Waals surface area contributed by atoms with E-state index in [-0.39, 0.29) is 6.54 Å². The van der Waals surface area contributed by atoms with E-state index in [0.717, 1.165) is 5.56 Å². The highest BCUT2D eigenvalue weighted by molar-refractivity contribution is 5.68. The Hall–Kier alpha value is -2.64. The molecule has 1 rings (SSSR count). The number of terminal acetylenes is 1. The average Bonchev–Trinajstić information content (AvgIpc) is 2.43. The molecule has 1 aromatic rings. The number of rotatable bonds is 5. The number of hydrogen-bond donors (Lipinski definition) is 0. The Labute approximate surface area is 130 Å². The molecule has 0 N–H and O–H groups in total. The number of hydrogen-bond acceptors (Lipinski definition) is 3. The van der Waals surface area contributed by atoms with Crippen molar-refractivity contribution in [2.24, 2.45) is 5.11 Å². The Kier molecular flexibility index (Phi) is 6.30. The van der Waals surface area contributed by atoms with Gasteiger partial charge in [-0.15, -0.1) is 6.42 Å². The second-order valence-corrected chi connectivity index (χ2v) is 5.71. The molecule has 0 saturated carbocycles. The minimum atomic E-state index is -0.555. The highest BCUT2D eigenvalue weighted by Gasteiger charge is 2.21. The first-order valence-corrected chi connectivity index (χ1v) is 6.91. The van der Waals surface area contributed by atoms with Crippen LogP contribution in [0.2, 0.25) is 0 Å². The highest BCUT2D eigenvalue weighted by Crippen LogP contribution is 2.14. The molecule has 6 heteroatoms. The number of ether oxygens (including phenoxy) is 1. The first-order valence-electron chi connectivity index (χ1n) is 6.91. The highest BCUT2D eigenvalue weighted by atomic mass is 16.6. The van der Waals surface area contributed by atoms with E-state index in [1.807, 2.05) is 32.9 Å². The largest absolute Gasteiger partial charge is 0.444 e. The zero-order chi connectivity index (χ0) is 16.6. The van der Waals surface area contributed by atoms with Crippen LogP contribution in [0.5, 0.6) is 0 Å². The fourth-order valence-electron chi connectivity index (χ4n) is 1.72. The molecule has 1 amide bonds. The molecule has 116 valence electrons. The number of amides is 1. The van der Waals surface area contributed by atoms with Crippen molar-refractivity contribution >= 4 is 11.8 Å². The summed E-state index contributed by atoms with van der Waals surface area (Å²) >= 11 is 0. The maximum absolute atomic E-state index is 12.1. The molecule has 1 aromatic carbocycles. The van der Waals surface area contributed by atoms with Gasteiger partial charge in [-0.25, -0.2) is 4.79 Å². The lowest BCUT2D eigenvalue weighted by Gasteiger charge is -2.26.